The van der Waals surface area contributed by atoms with E-state index < -0.39 is 47.5 Å². The molecule has 0 aromatic rings. The van der Waals surface area contributed by atoms with Crippen LogP contribution in [0.2, 0.25) is 0 Å². The van der Waals surface area contributed by atoms with Crippen LogP contribution in [0.4, 0.5) is 4.79 Å². The number of unbranched alkanes of at least 4 members (excludes halogenated alkanes) is 2. The van der Waals surface area contributed by atoms with Gasteiger partial charge in [0.2, 0.25) is 17.7 Å². The van der Waals surface area contributed by atoms with Crippen LogP contribution in [0.5, 0.6) is 0 Å². The van der Waals surface area contributed by atoms with Gasteiger partial charge >= 0.3 is 6.03 Å². The highest BCUT2D eigenvalue weighted by atomic mass is 16.3. The van der Waals surface area contributed by atoms with Gasteiger partial charge in [0.25, 0.3) is 5.91 Å². The van der Waals surface area contributed by atoms with E-state index in [0.717, 1.165) is 63.4 Å². The minimum absolute atomic E-state index is 0.0947. The molecule has 1 aliphatic carbocycles. The first kappa shape index (κ1) is 44.0. The van der Waals surface area contributed by atoms with Crippen LogP contribution in [0, 0.1) is 16.7 Å². The number of carbonyl (C=O) groups is 5. The summed E-state index contributed by atoms with van der Waals surface area (Å²) in [6.45, 7) is 19.3. The van der Waals surface area contributed by atoms with E-state index in [-0.39, 0.29) is 35.7 Å². The zero-order chi connectivity index (χ0) is 39.3. The summed E-state index contributed by atoms with van der Waals surface area (Å²) in [5.41, 5.74) is 0.115. The van der Waals surface area contributed by atoms with Gasteiger partial charge in [0.15, 0.2) is 6.10 Å². The van der Waals surface area contributed by atoms with E-state index in [9.17, 15) is 29.1 Å². The largest absolute Gasteiger partial charge is 0.381 e. The second kappa shape index (κ2) is 20.3. The number of aliphatic hydroxyl groups is 1. The number of aliphatic hydroxyl groups excluding tert-OH is 1. The van der Waals surface area contributed by atoms with Crippen molar-refractivity contribution < 1.29 is 29.1 Å². The summed E-state index contributed by atoms with van der Waals surface area (Å²) in [6.07, 6.45) is 12.3. The van der Waals surface area contributed by atoms with Crippen molar-refractivity contribution >= 4 is 29.7 Å². The number of allylic oxidation sites excluding steroid dienone is 1. The number of amides is 6. The van der Waals surface area contributed by atoms with E-state index in [1.807, 2.05) is 45.6 Å². The fourth-order valence-electron chi connectivity index (χ4n) is 8.14. The molecule has 2 heterocycles. The first-order chi connectivity index (χ1) is 25.0. The van der Waals surface area contributed by atoms with Crippen LogP contribution in [0.15, 0.2) is 24.3 Å². The summed E-state index contributed by atoms with van der Waals surface area (Å²) >= 11 is 0. The van der Waals surface area contributed by atoms with Crippen LogP contribution >= 0.6 is 0 Å². The van der Waals surface area contributed by atoms with Crippen molar-refractivity contribution in [2.24, 2.45) is 16.7 Å². The normalized spacial score (nSPS) is 22.5. The molecule has 12 nitrogen and oxygen atoms in total. The zero-order valence-corrected chi connectivity index (χ0v) is 33.7. The zero-order valence-electron chi connectivity index (χ0n) is 33.7. The Morgan fingerprint density at radius 2 is 1.70 bits per heavy atom. The molecule has 3 rings (SSSR count). The molecule has 3 aliphatic rings. The predicted molar refractivity (Wildman–Crippen MR) is 209 cm³/mol. The average Bonchev–Trinajstić information content (AvgIpc) is 3.52. The summed E-state index contributed by atoms with van der Waals surface area (Å²) in [6, 6.07) is -3.45. The fraction of sp³-hybridized carbons (Fsp3) is 0.780. The van der Waals surface area contributed by atoms with E-state index in [1.54, 1.807) is 4.90 Å². The Morgan fingerprint density at radius 1 is 1.00 bits per heavy atom. The van der Waals surface area contributed by atoms with Gasteiger partial charge in [-0.2, -0.15) is 0 Å². The summed E-state index contributed by atoms with van der Waals surface area (Å²) in [4.78, 5) is 72.3. The lowest BCUT2D eigenvalue weighted by molar-refractivity contribution is -0.144. The van der Waals surface area contributed by atoms with Crippen molar-refractivity contribution in [2.45, 2.75) is 162 Å². The number of likely N-dealkylation sites (tertiary alicyclic amines) is 2. The maximum atomic E-state index is 14.9. The first-order valence-electron chi connectivity index (χ1n) is 20.2. The lowest BCUT2D eigenvalue weighted by Crippen LogP contribution is -2.63. The van der Waals surface area contributed by atoms with Gasteiger partial charge in [0, 0.05) is 38.5 Å². The Balaban J connectivity index is 1.93. The van der Waals surface area contributed by atoms with Crippen molar-refractivity contribution in [2.75, 3.05) is 26.2 Å². The third-order valence-corrected chi connectivity index (χ3v) is 11.5. The molecule has 6 atom stereocenters. The standard InChI is InChI=1S/C41H70N6O6/c1-9-11-13-18-30(34(49)37(51)42-23-10-2)43-36(50)33-29(26-28(3)4)20-25-47(33)38(52)35(41(8)21-15-12-16-22-41)45-39(53)44-31(40(5,6)7)27-46-24-17-14-19-32(46)48/h10,26,29-31,33-35,49H,2,9,11-25,27H2,1,3-8H3,(H,42,51)(H,43,50)(H2,44,45,53)/t29?,30?,31-,33+,34?,35-/m1/s1. The molecular weight excluding hydrogens is 672 g/mol. The second-order valence-corrected chi connectivity index (χ2v) is 17.2. The number of rotatable bonds is 17. The van der Waals surface area contributed by atoms with Gasteiger partial charge in [-0.25, -0.2) is 4.79 Å². The molecule has 2 saturated heterocycles. The van der Waals surface area contributed by atoms with Crippen LogP contribution < -0.4 is 21.3 Å². The Hall–Kier alpha value is -3.41. The Kier molecular flexibility index (Phi) is 16.9. The van der Waals surface area contributed by atoms with Crippen molar-refractivity contribution in [1.29, 1.82) is 0 Å². The lowest BCUT2D eigenvalue weighted by Gasteiger charge is -2.43. The van der Waals surface area contributed by atoms with Gasteiger partial charge in [0.1, 0.15) is 12.1 Å². The molecule has 0 aromatic heterocycles. The van der Waals surface area contributed by atoms with Gasteiger partial charge < -0.3 is 36.2 Å². The van der Waals surface area contributed by atoms with Crippen molar-refractivity contribution in [3.63, 3.8) is 0 Å². The molecule has 0 spiro atoms. The summed E-state index contributed by atoms with van der Waals surface area (Å²) in [5, 5.41) is 23.0. The van der Waals surface area contributed by atoms with Crippen molar-refractivity contribution in [3.8, 4) is 0 Å². The first-order valence-corrected chi connectivity index (χ1v) is 20.2. The van der Waals surface area contributed by atoms with Crippen LogP contribution in [0.25, 0.3) is 0 Å². The molecule has 2 aliphatic heterocycles. The second-order valence-electron chi connectivity index (χ2n) is 17.2. The average molecular weight is 743 g/mol. The molecule has 0 bridgehead atoms. The predicted octanol–water partition coefficient (Wildman–Crippen LogP) is 4.96. The van der Waals surface area contributed by atoms with Crippen LogP contribution in [-0.2, 0) is 19.2 Å². The molecule has 6 amide bonds. The van der Waals surface area contributed by atoms with E-state index in [0.29, 0.717) is 45.3 Å². The molecule has 300 valence electrons. The van der Waals surface area contributed by atoms with Crippen molar-refractivity contribution in [3.05, 3.63) is 24.3 Å². The highest BCUT2D eigenvalue weighted by molar-refractivity contribution is 5.94. The quantitative estimate of drug-likeness (QED) is 0.105. The molecular formula is C41H70N6O6. The van der Waals surface area contributed by atoms with Gasteiger partial charge in [-0.1, -0.05) is 90.9 Å². The Bertz CT molecular complexity index is 1300. The molecule has 0 aromatic carbocycles. The molecule has 0 radical (unpaired) electrons. The van der Waals surface area contributed by atoms with Crippen LogP contribution in [0.1, 0.15) is 132 Å². The maximum absolute atomic E-state index is 14.9. The van der Waals surface area contributed by atoms with Crippen molar-refractivity contribution in [1.82, 2.24) is 31.1 Å². The fourth-order valence-corrected chi connectivity index (χ4v) is 8.14. The number of nitrogens with zero attached hydrogens (tertiary/aromatic N) is 2. The summed E-state index contributed by atoms with van der Waals surface area (Å²) in [7, 11) is 0. The van der Waals surface area contributed by atoms with E-state index in [4.69, 9.17) is 0 Å². The third kappa shape index (κ3) is 12.6. The topological polar surface area (TPSA) is 160 Å². The number of nitrogens with one attached hydrogen (secondary N) is 4. The maximum Gasteiger partial charge on any atom is 0.315 e. The minimum atomic E-state index is -1.47. The molecule has 3 unspecified atom stereocenters. The molecule has 53 heavy (non-hydrogen) atoms. The SMILES string of the molecule is C=CCNC(=O)C(O)C(CCCCC)NC(=O)[C@@H]1C(C=C(C)C)CCN1C(=O)[C@@H](NC(=O)N[C@H](CN1CCCCC1=O)C(C)(C)C)C1(C)CCCCC1. The highest BCUT2D eigenvalue weighted by Crippen LogP contribution is 2.41. The smallest absolute Gasteiger partial charge is 0.315 e. The van der Waals surface area contributed by atoms with Crippen LogP contribution in [0.3, 0.4) is 0 Å². The van der Waals surface area contributed by atoms with E-state index >= 15 is 0 Å². The molecule has 1 saturated carbocycles. The Morgan fingerprint density at radius 3 is 2.30 bits per heavy atom. The number of piperidine rings is 1. The highest BCUT2D eigenvalue weighted by Gasteiger charge is 2.49. The number of urea groups is 1. The van der Waals surface area contributed by atoms with E-state index in [1.165, 1.54) is 6.08 Å². The summed E-state index contributed by atoms with van der Waals surface area (Å²) < 4.78 is 0. The molecule has 5 N–H and O–H groups in total. The third-order valence-electron chi connectivity index (χ3n) is 11.5. The van der Waals surface area contributed by atoms with E-state index in [2.05, 4.69) is 41.7 Å². The number of hydrogen-bond acceptors (Lipinski definition) is 6. The van der Waals surface area contributed by atoms with Gasteiger partial charge in [-0.3, -0.25) is 19.2 Å². The minimum Gasteiger partial charge on any atom is -0.381 e. The Labute approximate surface area is 318 Å². The number of hydrogen-bond donors (Lipinski definition) is 5. The van der Waals surface area contributed by atoms with Gasteiger partial charge in [-0.05, 0) is 63.2 Å². The lowest BCUT2D eigenvalue weighted by atomic mass is 9.70. The monoisotopic (exact) mass is 743 g/mol. The number of carbonyl (C=O) groups excluding carboxylic acids is 5. The van der Waals surface area contributed by atoms with Gasteiger partial charge in [-0.15, -0.1) is 6.58 Å². The summed E-state index contributed by atoms with van der Waals surface area (Å²) in [5.74, 6) is -1.51. The molecule has 3 fully saturated rings. The van der Waals surface area contributed by atoms with Crippen LogP contribution in [-0.4, -0.2) is 101 Å². The molecule has 12 heteroatoms. The van der Waals surface area contributed by atoms with Gasteiger partial charge in [0.05, 0.1) is 12.1 Å².